The number of para-hydroxylation sites is 1. The summed E-state index contributed by atoms with van der Waals surface area (Å²) in [4.78, 5) is 31.3. The largest absolute Gasteiger partial charge is 0.496 e. The highest BCUT2D eigenvalue weighted by Gasteiger charge is 2.10. The number of thioether (sulfide) groups is 1. The van der Waals surface area contributed by atoms with Gasteiger partial charge in [-0.1, -0.05) is 53.7 Å². The molecule has 8 heteroatoms. The van der Waals surface area contributed by atoms with Crippen LogP contribution >= 0.6 is 23.4 Å². The third-order valence-corrected chi connectivity index (χ3v) is 5.23. The quantitative estimate of drug-likeness (QED) is 0.422. The summed E-state index contributed by atoms with van der Waals surface area (Å²) in [5.74, 6) is 1.09. The van der Waals surface area contributed by atoms with Gasteiger partial charge in [0, 0.05) is 29.0 Å². The molecule has 0 spiro atoms. The molecule has 2 aromatic carbocycles. The van der Waals surface area contributed by atoms with Gasteiger partial charge in [-0.25, -0.2) is 4.98 Å². The molecule has 29 heavy (non-hydrogen) atoms. The minimum atomic E-state index is -0.291. The molecule has 1 aromatic heterocycles. The number of aromatic amines is 1. The minimum absolute atomic E-state index is 0.0177. The molecular weight excluding hydrogens is 410 g/mol. The monoisotopic (exact) mass is 429 g/mol. The van der Waals surface area contributed by atoms with Gasteiger partial charge < -0.3 is 15.0 Å². The maximum Gasteiger partial charge on any atom is 0.251 e. The molecule has 1 heterocycles. The number of carbonyl (C=O) groups excluding carboxylic acids is 1. The van der Waals surface area contributed by atoms with Crippen LogP contribution in [0.4, 0.5) is 0 Å². The van der Waals surface area contributed by atoms with Crippen molar-refractivity contribution in [3.8, 4) is 5.75 Å². The summed E-state index contributed by atoms with van der Waals surface area (Å²) in [5, 5.41) is 3.95. The van der Waals surface area contributed by atoms with E-state index in [-0.39, 0.29) is 17.9 Å². The molecule has 0 saturated heterocycles. The first-order valence-corrected chi connectivity index (χ1v) is 10.3. The molecular formula is C21H20ClN3O3S. The average Bonchev–Trinajstić information content (AvgIpc) is 2.70. The van der Waals surface area contributed by atoms with Gasteiger partial charge in [0.25, 0.3) is 5.56 Å². The van der Waals surface area contributed by atoms with E-state index < -0.39 is 0 Å². The van der Waals surface area contributed by atoms with Gasteiger partial charge in [0.05, 0.1) is 19.2 Å². The van der Waals surface area contributed by atoms with Crippen LogP contribution in [-0.4, -0.2) is 23.0 Å². The van der Waals surface area contributed by atoms with E-state index in [2.05, 4.69) is 15.3 Å². The van der Waals surface area contributed by atoms with Gasteiger partial charge in [0.1, 0.15) is 5.75 Å². The van der Waals surface area contributed by atoms with E-state index in [0.29, 0.717) is 33.9 Å². The number of H-pyrrole nitrogens is 1. The molecule has 0 aliphatic carbocycles. The Morgan fingerprint density at radius 2 is 2.03 bits per heavy atom. The zero-order chi connectivity index (χ0) is 20.6. The van der Waals surface area contributed by atoms with Crippen LogP contribution in [0.3, 0.4) is 0 Å². The standard InChI is InChI=1S/C21H20ClN3O3S/c1-28-18-8-3-2-6-15(18)12-23-19(26)10-17-11-20(27)25-21(24-17)29-13-14-5-4-7-16(22)9-14/h2-9,11H,10,12-13H2,1H3,(H,23,26)(H,24,25,27). The summed E-state index contributed by atoms with van der Waals surface area (Å²) >= 11 is 7.37. The SMILES string of the molecule is COc1ccccc1CNC(=O)Cc1cc(=O)[nH]c(SCc2cccc(Cl)c2)n1. The zero-order valence-corrected chi connectivity index (χ0v) is 17.3. The number of hydrogen-bond donors (Lipinski definition) is 2. The van der Waals surface area contributed by atoms with Crippen molar-refractivity contribution >= 4 is 29.3 Å². The number of aromatic nitrogens is 2. The van der Waals surface area contributed by atoms with Crippen LogP contribution in [0.25, 0.3) is 0 Å². The van der Waals surface area contributed by atoms with Gasteiger partial charge in [-0.05, 0) is 23.8 Å². The molecule has 3 aromatic rings. The highest BCUT2D eigenvalue weighted by Crippen LogP contribution is 2.21. The first-order valence-electron chi connectivity index (χ1n) is 8.89. The van der Waals surface area contributed by atoms with Crippen molar-refractivity contribution in [3.63, 3.8) is 0 Å². The second kappa shape index (κ2) is 10.1. The highest BCUT2D eigenvalue weighted by molar-refractivity contribution is 7.98. The van der Waals surface area contributed by atoms with Crippen molar-refractivity contribution in [1.82, 2.24) is 15.3 Å². The van der Waals surface area contributed by atoms with Crippen molar-refractivity contribution in [2.45, 2.75) is 23.9 Å². The van der Waals surface area contributed by atoms with Gasteiger partial charge in [-0.2, -0.15) is 0 Å². The van der Waals surface area contributed by atoms with E-state index in [0.717, 1.165) is 11.1 Å². The second-order valence-electron chi connectivity index (χ2n) is 6.23. The normalized spacial score (nSPS) is 10.6. The number of halogens is 1. The zero-order valence-electron chi connectivity index (χ0n) is 15.8. The van der Waals surface area contributed by atoms with Crippen LogP contribution in [0, 0.1) is 0 Å². The molecule has 0 fully saturated rings. The lowest BCUT2D eigenvalue weighted by molar-refractivity contribution is -0.120. The van der Waals surface area contributed by atoms with E-state index in [9.17, 15) is 9.59 Å². The summed E-state index contributed by atoms with van der Waals surface area (Å²) in [5.41, 5.74) is 2.02. The molecule has 6 nitrogen and oxygen atoms in total. The summed E-state index contributed by atoms with van der Waals surface area (Å²) in [6, 6.07) is 16.3. The van der Waals surface area contributed by atoms with Gasteiger partial charge >= 0.3 is 0 Å². The molecule has 0 aliphatic heterocycles. The Bertz CT molecular complexity index is 1060. The van der Waals surface area contributed by atoms with E-state index in [1.165, 1.54) is 17.8 Å². The van der Waals surface area contributed by atoms with Crippen LogP contribution in [0.2, 0.25) is 5.02 Å². The fraction of sp³-hybridized carbons (Fsp3) is 0.190. The number of rotatable bonds is 8. The number of nitrogens with zero attached hydrogens (tertiary/aromatic N) is 1. The summed E-state index contributed by atoms with van der Waals surface area (Å²) in [6.45, 7) is 0.336. The Hall–Kier alpha value is -2.77. The fourth-order valence-corrected chi connectivity index (χ4v) is 3.74. The average molecular weight is 430 g/mol. The maximum absolute atomic E-state index is 12.3. The number of carbonyl (C=O) groups is 1. The lowest BCUT2D eigenvalue weighted by atomic mass is 10.2. The number of benzene rings is 2. The number of methoxy groups -OCH3 is 1. The van der Waals surface area contributed by atoms with Crippen LogP contribution in [-0.2, 0) is 23.5 Å². The van der Waals surface area contributed by atoms with Crippen molar-refractivity contribution in [2.75, 3.05) is 7.11 Å². The van der Waals surface area contributed by atoms with E-state index in [1.54, 1.807) is 13.2 Å². The Balaban J connectivity index is 1.60. The molecule has 2 N–H and O–H groups in total. The van der Waals surface area contributed by atoms with Crippen LogP contribution in [0.15, 0.2) is 64.5 Å². The Morgan fingerprint density at radius 1 is 1.21 bits per heavy atom. The first-order chi connectivity index (χ1) is 14.0. The number of nitrogens with one attached hydrogen (secondary N) is 2. The topological polar surface area (TPSA) is 84.1 Å². The smallest absolute Gasteiger partial charge is 0.251 e. The van der Waals surface area contributed by atoms with E-state index >= 15 is 0 Å². The van der Waals surface area contributed by atoms with Crippen molar-refractivity contribution in [2.24, 2.45) is 0 Å². The number of amides is 1. The molecule has 0 radical (unpaired) electrons. The van der Waals surface area contributed by atoms with E-state index in [1.807, 2.05) is 42.5 Å². The van der Waals surface area contributed by atoms with Crippen LogP contribution in [0.5, 0.6) is 5.75 Å². The summed E-state index contributed by atoms with van der Waals surface area (Å²) < 4.78 is 5.28. The van der Waals surface area contributed by atoms with Gasteiger partial charge in [-0.15, -0.1) is 0 Å². The van der Waals surface area contributed by atoms with Crippen LogP contribution in [0.1, 0.15) is 16.8 Å². The lowest BCUT2D eigenvalue weighted by Crippen LogP contribution is -2.26. The lowest BCUT2D eigenvalue weighted by Gasteiger charge is -2.09. The first kappa shape index (κ1) is 21.0. The minimum Gasteiger partial charge on any atom is -0.496 e. The predicted molar refractivity (Wildman–Crippen MR) is 114 cm³/mol. The number of ether oxygens (including phenoxy) is 1. The third kappa shape index (κ3) is 6.37. The highest BCUT2D eigenvalue weighted by atomic mass is 35.5. The maximum atomic E-state index is 12.3. The molecule has 3 rings (SSSR count). The fourth-order valence-electron chi connectivity index (χ4n) is 2.69. The second-order valence-corrected chi connectivity index (χ2v) is 7.63. The van der Waals surface area contributed by atoms with Crippen molar-refractivity contribution < 1.29 is 9.53 Å². The Kier molecular flexibility index (Phi) is 7.32. The molecule has 0 bridgehead atoms. The summed E-state index contributed by atoms with van der Waals surface area (Å²) in [7, 11) is 1.59. The Morgan fingerprint density at radius 3 is 2.83 bits per heavy atom. The van der Waals surface area contributed by atoms with Crippen molar-refractivity contribution in [3.05, 3.63) is 86.8 Å². The van der Waals surface area contributed by atoms with Crippen molar-refractivity contribution in [1.29, 1.82) is 0 Å². The summed E-state index contributed by atoms with van der Waals surface area (Å²) in [6.07, 6.45) is 0.0177. The molecule has 0 atom stereocenters. The van der Waals surface area contributed by atoms with Crippen LogP contribution < -0.4 is 15.6 Å². The van der Waals surface area contributed by atoms with Gasteiger partial charge in [-0.3, -0.25) is 9.59 Å². The molecule has 0 unspecified atom stereocenters. The van der Waals surface area contributed by atoms with Gasteiger partial charge in [0.15, 0.2) is 5.16 Å². The molecule has 1 amide bonds. The van der Waals surface area contributed by atoms with E-state index in [4.69, 9.17) is 16.3 Å². The van der Waals surface area contributed by atoms with Gasteiger partial charge in [0.2, 0.25) is 5.91 Å². The third-order valence-electron chi connectivity index (χ3n) is 4.05. The predicted octanol–water partition coefficient (Wildman–Crippen LogP) is 3.58. The molecule has 150 valence electrons. The Labute approximate surface area is 177 Å². The molecule has 0 saturated carbocycles. The molecule has 0 aliphatic rings. The number of hydrogen-bond acceptors (Lipinski definition) is 5.